The second kappa shape index (κ2) is 25.5. The van der Waals surface area contributed by atoms with Crippen LogP contribution < -0.4 is 26.0 Å². The number of hydrogen-bond donors (Lipinski definition) is 9. The van der Waals surface area contributed by atoms with Crippen molar-refractivity contribution in [3.8, 4) is 5.75 Å². The molecule has 87 heavy (non-hydrogen) atoms. The summed E-state index contributed by atoms with van der Waals surface area (Å²) in [6.45, 7) is 16.1. The number of rotatable bonds is 23. The van der Waals surface area contributed by atoms with Crippen LogP contribution >= 0.6 is 15.6 Å². The lowest BCUT2D eigenvalue weighted by atomic mass is 9.75. The number of phosphoric acid groups is 2. The first-order valence-corrected chi connectivity index (χ1v) is 33.6. The van der Waals surface area contributed by atoms with Gasteiger partial charge >= 0.3 is 21.7 Å². The predicted octanol–water partition coefficient (Wildman–Crippen LogP) is 6.40. The van der Waals surface area contributed by atoms with Crippen molar-refractivity contribution in [3.05, 3.63) is 108 Å². The number of aromatic nitrogens is 4. The number of nitrogens with two attached hydrogens (primary N) is 1. The minimum Gasteiger partial charge on any atom is -0.460 e. The summed E-state index contributed by atoms with van der Waals surface area (Å²) in [5.74, 6) is 0.445. The van der Waals surface area contributed by atoms with Crippen molar-refractivity contribution in [3.63, 3.8) is 0 Å². The molecule has 0 aliphatic carbocycles. The molecule has 0 spiro atoms. The van der Waals surface area contributed by atoms with E-state index < -0.39 is 95.1 Å². The molecule has 8 rings (SSSR count). The third-order valence-electron chi connectivity index (χ3n) is 15.1. The number of nitrogens with zero attached hydrogens (tertiary/aromatic N) is 6. The number of nitrogen functional groups attached to an aromatic ring is 1. The second-order valence-corrected chi connectivity index (χ2v) is 28.8. The lowest BCUT2D eigenvalue weighted by Gasteiger charge is -2.43. The first-order valence-electron chi connectivity index (χ1n) is 27.6. The number of allylic oxidation sites excluding steroid dienone is 9. The van der Waals surface area contributed by atoms with Gasteiger partial charge in [0.05, 0.1) is 34.5 Å². The van der Waals surface area contributed by atoms with Crippen LogP contribution in [0.2, 0.25) is 0 Å². The van der Waals surface area contributed by atoms with Crippen LogP contribution in [0.4, 0.5) is 22.0 Å². The third kappa shape index (κ3) is 15.5. The summed E-state index contributed by atoms with van der Waals surface area (Å²) >= 11 is 0. The maximum Gasteiger partial charge on any atom is 0.481 e. The molecule has 472 valence electrons. The number of aliphatic hydroxyl groups excluding tert-OH is 1. The number of ether oxygens (including phenoxy) is 3. The van der Waals surface area contributed by atoms with Gasteiger partial charge in [-0.05, 0) is 82.9 Å². The number of benzene rings is 2. The lowest BCUT2D eigenvalue weighted by molar-refractivity contribution is -0.437. The summed E-state index contributed by atoms with van der Waals surface area (Å²) in [7, 11) is -20.1. The Morgan fingerprint density at radius 1 is 0.966 bits per heavy atom. The van der Waals surface area contributed by atoms with Gasteiger partial charge in [-0.1, -0.05) is 51.2 Å². The Labute approximate surface area is 502 Å². The molecule has 1 fully saturated rings. The van der Waals surface area contributed by atoms with E-state index in [2.05, 4.69) is 101 Å². The number of likely N-dealkylation sites (N-methyl/N-ethyl adjacent to an activating group) is 1. The van der Waals surface area contributed by atoms with E-state index in [4.69, 9.17) is 34.3 Å². The Bertz CT molecular complexity index is 3890. The maximum absolute atomic E-state index is 13.4. The van der Waals surface area contributed by atoms with E-state index in [1.807, 2.05) is 41.9 Å². The third-order valence-corrected chi connectivity index (χ3v) is 18.9. The van der Waals surface area contributed by atoms with E-state index in [0.29, 0.717) is 17.0 Å². The molecule has 0 radical (unpaired) electrons. The van der Waals surface area contributed by atoms with Crippen LogP contribution in [0, 0.1) is 5.41 Å². The summed E-state index contributed by atoms with van der Waals surface area (Å²) in [5.41, 5.74) is 11.2. The van der Waals surface area contributed by atoms with Gasteiger partial charge in [0.15, 0.2) is 29.5 Å². The van der Waals surface area contributed by atoms with Crippen LogP contribution in [0.25, 0.3) is 22.3 Å². The van der Waals surface area contributed by atoms with E-state index in [1.165, 1.54) is 29.1 Å². The molecule has 10 N–H and O–H groups in total. The highest BCUT2D eigenvalue weighted by atomic mass is 32.2. The molecule has 4 aliphatic heterocycles. The number of imidazole rings is 1. The zero-order valence-electron chi connectivity index (χ0n) is 48.9. The van der Waals surface area contributed by atoms with Gasteiger partial charge < -0.3 is 55.3 Å². The second-order valence-electron chi connectivity index (χ2n) is 23.0. The monoisotopic (exact) mass is 1290 g/mol. The van der Waals surface area contributed by atoms with E-state index in [9.17, 15) is 54.7 Å². The highest BCUT2D eigenvalue weighted by Gasteiger charge is 2.50. The van der Waals surface area contributed by atoms with E-state index in [0.717, 1.165) is 52.3 Å². The number of carbonyl (C=O) groups excluding carboxylic acids is 2. The lowest BCUT2D eigenvalue weighted by Crippen LogP contribution is -2.45. The topological polar surface area (TPSA) is 404 Å². The Morgan fingerprint density at radius 2 is 1.69 bits per heavy atom. The number of phosphoric ester groups is 1. The highest BCUT2D eigenvalue weighted by Crippen LogP contribution is 2.58. The zero-order chi connectivity index (χ0) is 63.8. The molecule has 2 unspecified atom stereocenters. The Hall–Kier alpha value is -6.50. The summed E-state index contributed by atoms with van der Waals surface area (Å²) < 4.78 is 122. The number of alkyl carbamates (subject to hydrolysis) is 1. The van der Waals surface area contributed by atoms with E-state index in [1.54, 1.807) is 6.08 Å². The van der Waals surface area contributed by atoms with Gasteiger partial charge in [-0.3, -0.25) is 23.0 Å². The SMILES string of the molecule is CCN1c2cc3c(cc2C(C)=CC1(C)C)C(=CC=CC=CC1=[N+](CCCS(=O)(=O)O)c2ccc(S(=O)(=O)O)cc2C1(C)CCCC(=O)NCCNC(=O)O[C@H]1[C@@H](O)[C@H](n2cnc4c(N)ncnc42)O[C@@H]1COP(=O)(O)OP(=O)(O)O)C=C(C(C)(C)C)O3. The van der Waals surface area contributed by atoms with Crippen molar-refractivity contribution < 1.29 is 92.1 Å². The summed E-state index contributed by atoms with van der Waals surface area (Å²) in [6.07, 6.45) is 8.50. The molecule has 4 aliphatic rings. The van der Waals surface area contributed by atoms with Gasteiger partial charge in [0.2, 0.25) is 11.6 Å². The molecule has 32 heteroatoms. The number of fused-ring (bicyclic) bond motifs is 4. The molecule has 4 aromatic rings. The fourth-order valence-corrected chi connectivity index (χ4v) is 13.8. The number of carbonyl (C=O) groups is 2. The van der Waals surface area contributed by atoms with Crippen molar-refractivity contribution in [2.45, 2.75) is 121 Å². The van der Waals surface area contributed by atoms with Crippen LogP contribution in [0.15, 0.2) is 96.2 Å². The molecule has 0 saturated carbocycles. The van der Waals surface area contributed by atoms with E-state index >= 15 is 0 Å². The Balaban J connectivity index is 0.974. The molecule has 2 aromatic heterocycles. The molecule has 1 saturated heterocycles. The molecule has 2 aromatic carbocycles. The van der Waals surface area contributed by atoms with Crippen LogP contribution in [0.3, 0.4) is 0 Å². The van der Waals surface area contributed by atoms with Gasteiger partial charge in [-0.2, -0.15) is 25.7 Å². The normalized spacial score (nSPS) is 22.5. The van der Waals surface area contributed by atoms with Crippen LogP contribution in [0.5, 0.6) is 5.75 Å². The van der Waals surface area contributed by atoms with Crippen molar-refractivity contribution in [1.29, 1.82) is 0 Å². The Morgan fingerprint density at radius 3 is 2.37 bits per heavy atom. The maximum atomic E-state index is 13.4. The molecule has 0 bridgehead atoms. The van der Waals surface area contributed by atoms with Gasteiger partial charge in [-0.15, -0.1) is 0 Å². The van der Waals surface area contributed by atoms with Crippen molar-refractivity contribution in [2.75, 3.05) is 49.2 Å². The minimum atomic E-state index is -5.53. The first kappa shape index (κ1) is 66.5. The van der Waals surface area contributed by atoms with Crippen molar-refractivity contribution >= 4 is 93.1 Å². The number of nitrogens with one attached hydrogen (secondary N) is 2. The van der Waals surface area contributed by atoms with Gasteiger partial charge in [-0.25, -0.2) is 28.9 Å². The molecule has 28 nitrogen and oxygen atoms in total. The van der Waals surface area contributed by atoms with E-state index in [-0.39, 0.29) is 73.3 Å². The van der Waals surface area contributed by atoms with Crippen LogP contribution in [-0.2, 0) is 57.9 Å². The number of hydrogen-bond acceptors (Lipinski definition) is 19. The number of aliphatic hydroxyl groups is 1. The van der Waals surface area contributed by atoms with Gasteiger partial charge in [0, 0.05) is 78.5 Å². The quantitative estimate of drug-likeness (QED) is 0.0128. The average Bonchev–Trinajstić information content (AvgIpc) is 1.74. The molecular formula is C55H72N9O19P2S2+. The minimum absolute atomic E-state index is 0.0217. The fraction of sp³-hybridized carbons (Fsp3) is 0.455. The van der Waals surface area contributed by atoms with Gasteiger partial charge in [0.25, 0.3) is 20.2 Å². The predicted molar refractivity (Wildman–Crippen MR) is 320 cm³/mol. The van der Waals surface area contributed by atoms with Crippen molar-refractivity contribution in [2.24, 2.45) is 5.41 Å². The van der Waals surface area contributed by atoms with Crippen molar-refractivity contribution in [1.82, 2.24) is 30.2 Å². The molecule has 6 heterocycles. The average molecular weight is 1290 g/mol. The summed E-state index contributed by atoms with van der Waals surface area (Å²) in [6, 6.07) is 8.34. The number of amides is 2. The highest BCUT2D eigenvalue weighted by molar-refractivity contribution is 7.86. The smallest absolute Gasteiger partial charge is 0.460 e. The first-order chi connectivity index (χ1) is 40.5. The summed E-state index contributed by atoms with van der Waals surface area (Å²) in [4.78, 5) is 68.7. The van der Waals surface area contributed by atoms with Crippen LogP contribution in [-0.4, -0.2) is 150 Å². The van der Waals surface area contributed by atoms with Crippen LogP contribution in [0.1, 0.15) is 104 Å². The zero-order valence-corrected chi connectivity index (χ0v) is 52.3. The molecule has 2 amide bonds. The Kier molecular flexibility index (Phi) is 19.5. The van der Waals surface area contributed by atoms with Gasteiger partial charge in [0.1, 0.15) is 42.1 Å². The summed E-state index contributed by atoms with van der Waals surface area (Å²) in [5, 5.41) is 16.5. The molecule has 6 atom stereocenters. The fourth-order valence-electron chi connectivity index (χ4n) is 11.2. The number of anilines is 2. The standard InChI is InChI=1S/C55H71N9O19P2S2/c1-9-64-40-28-41-37(27-36(40)33(2)29-54(64,6)7)34(25-44(80-41)53(3,4)5)15-11-10-12-16-43-55(8,38-26-35(87(76,77)78)18-19-39(38)62(43)23-14-24-86(73,74)75)20-13-17-45(65)57-21-22-58-52(67)82-48-42(30-79-85(71,72)83-84(68,69)70)81-51(47(48)66)63-32-61-46-49(56)59-31-60-50(46)63/h10-12,15-16,18-19,25-29,31-32,42,47-48,51,66H,9,13-14,17,20-24,30H2,1-8H3,(H8-,56,57,58,59,60,65,67,68,69,70,71,72,73,74,75,76,77,78)/p+1/t42-,47-,48-,51-,55?/m1/s1. The molecular weight excluding hydrogens is 1220 g/mol. The largest absolute Gasteiger partial charge is 0.481 e.